The normalized spacial score (nSPS) is 27.0. The highest BCUT2D eigenvalue weighted by Gasteiger charge is 2.45. The number of benzene rings is 1. The van der Waals surface area contributed by atoms with E-state index in [-0.39, 0.29) is 22.3 Å². The standard InChI is InChI=1S/C30H48F2O2/c1-8-9-20-10-12-21(13-11-20)22-14-16-23(17-15-22)30(31,32)34-24-18-25(28(2,3)4)27(33)26(19-24)29(5,6)7/h18-23,33H,8-17H2,1-7H3. The highest BCUT2D eigenvalue weighted by Crippen LogP contribution is 2.47. The number of hydrogen-bond acceptors (Lipinski definition) is 2. The van der Waals surface area contributed by atoms with Crippen LogP contribution in [0.3, 0.4) is 0 Å². The van der Waals surface area contributed by atoms with Gasteiger partial charge in [-0.3, -0.25) is 0 Å². The third-order valence-electron chi connectivity index (χ3n) is 8.46. The lowest BCUT2D eigenvalue weighted by atomic mass is 9.68. The van der Waals surface area contributed by atoms with Crippen LogP contribution in [0.4, 0.5) is 8.78 Å². The van der Waals surface area contributed by atoms with E-state index in [1.54, 1.807) is 12.1 Å². The van der Waals surface area contributed by atoms with Gasteiger partial charge in [-0.25, -0.2) is 0 Å². The first-order chi connectivity index (χ1) is 15.7. The van der Waals surface area contributed by atoms with E-state index in [4.69, 9.17) is 4.74 Å². The van der Waals surface area contributed by atoms with E-state index < -0.39 is 12.0 Å². The molecule has 0 unspecified atom stereocenters. The predicted octanol–water partition coefficient (Wildman–Crippen LogP) is 9.37. The fourth-order valence-electron chi connectivity index (χ4n) is 6.33. The van der Waals surface area contributed by atoms with Crippen molar-refractivity contribution in [3.8, 4) is 11.5 Å². The van der Waals surface area contributed by atoms with Crippen molar-refractivity contribution in [1.29, 1.82) is 0 Å². The predicted molar refractivity (Wildman–Crippen MR) is 137 cm³/mol. The van der Waals surface area contributed by atoms with E-state index in [9.17, 15) is 5.11 Å². The summed E-state index contributed by atoms with van der Waals surface area (Å²) in [5, 5.41) is 10.9. The quantitative estimate of drug-likeness (QED) is 0.441. The molecule has 3 rings (SSSR count). The Balaban J connectivity index is 1.68. The Kier molecular flexibility index (Phi) is 8.30. The Morgan fingerprint density at radius 3 is 1.65 bits per heavy atom. The van der Waals surface area contributed by atoms with Crippen LogP contribution in [0.1, 0.15) is 124 Å². The number of ether oxygens (including phenoxy) is 1. The van der Waals surface area contributed by atoms with Crippen molar-refractivity contribution >= 4 is 0 Å². The van der Waals surface area contributed by atoms with Crippen molar-refractivity contribution in [2.24, 2.45) is 23.7 Å². The molecule has 0 bridgehead atoms. The number of aromatic hydroxyl groups is 1. The van der Waals surface area contributed by atoms with Gasteiger partial charge in [0.15, 0.2) is 0 Å². The van der Waals surface area contributed by atoms with Gasteiger partial charge in [0.05, 0.1) is 5.92 Å². The number of phenolic OH excluding ortho intramolecular Hbond substituents is 1. The van der Waals surface area contributed by atoms with Crippen LogP contribution in [0.2, 0.25) is 0 Å². The Bertz CT molecular complexity index is 767. The summed E-state index contributed by atoms with van der Waals surface area (Å²) in [5.41, 5.74) is 0.529. The molecule has 1 N–H and O–H groups in total. The van der Waals surface area contributed by atoms with Gasteiger partial charge < -0.3 is 9.84 Å². The maximum Gasteiger partial charge on any atom is 0.400 e. The summed E-state index contributed by atoms with van der Waals surface area (Å²) in [6.45, 7) is 14.1. The van der Waals surface area contributed by atoms with E-state index in [0.29, 0.717) is 29.9 Å². The summed E-state index contributed by atoms with van der Waals surface area (Å²) in [6, 6.07) is 3.22. The van der Waals surface area contributed by atoms with Gasteiger partial charge in [-0.05, 0) is 79.2 Å². The second-order valence-electron chi connectivity index (χ2n) is 13.2. The van der Waals surface area contributed by atoms with Gasteiger partial charge in [-0.15, -0.1) is 0 Å². The zero-order valence-corrected chi connectivity index (χ0v) is 22.6. The molecule has 0 aromatic heterocycles. The van der Waals surface area contributed by atoms with Crippen LogP contribution in [-0.2, 0) is 10.8 Å². The van der Waals surface area contributed by atoms with Gasteiger partial charge in [-0.1, -0.05) is 74.1 Å². The molecule has 1 aromatic carbocycles. The first-order valence-electron chi connectivity index (χ1n) is 13.7. The van der Waals surface area contributed by atoms with Crippen molar-refractivity contribution in [3.05, 3.63) is 23.3 Å². The van der Waals surface area contributed by atoms with Crippen molar-refractivity contribution < 1.29 is 18.6 Å². The lowest BCUT2D eigenvalue weighted by Gasteiger charge is -2.39. The van der Waals surface area contributed by atoms with Crippen molar-refractivity contribution in [2.75, 3.05) is 0 Å². The molecule has 4 heteroatoms. The largest absolute Gasteiger partial charge is 0.507 e. The SMILES string of the molecule is CCCC1CCC(C2CCC(C(F)(F)Oc3cc(C(C)(C)C)c(O)c(C(C)(C)C)c3)CC2)CC1. The molecule has 0 heterocycles. The molecule has 2 saturated carbocycles. The van der Waals surface area contributed by atoms with Crippen LogP contribution in [0.15, 0.2) is 12.1 Å². The summed E-state index contributed by atoms with van der Waals surface area (Å²) in [4.78, 5) is 0. The number of alkyl halides is 2. The summed E-state index contributed by atoms with van der Waals surface area (Å²) < 4.78 is 36.2. The molecule has 2 aliphatic carbocycles. The third kappa shape index (κ3) is 6.46. The second kappa shape index (κ2) is 10.3. The van der Waals surface area contributed by atoms with Gasteiger partial charge in [0, 0.05) is 11.1 Å². The average Bonchev–Trinajstić information content (AvgIpc) is 2.74. The third-order valence-corrected chi connectivity index (χ3v) is 8.46. The van der Waals surface area contributed by atoms with Crippen molar-refractivity contribution in [3.63, 3.8) is 0 Å². The van der Waals surface area contributed by atoms with Crippen LogP contribution in [0.25, 0.3) is 0 Å². The lowest BCUT2D eigenvalue weighted by Crippen LogP contribution is -2.38. The molecule has 0 atom stereocenters. The van der Waals surface area contributed by atoms with E-state index in [1.165, 1.54) is 38.5 Å². The fourth-order valence-corrected chi connectivity index (χ4v) is 6.33. The number of rotatable bonds is 6. The zero-order valence-electron chi connectivity index (χ0n) is 22.6. The summed E-state index contributed by atoms with van der Waals surface area (Å²) >= 11 is 0. The van der Waals surface area contributed by atoms with Crippen LogP contribution in [-0.4, -0.2) is 11.2 Å². The smallest absolute Gasteiger partial charge is 0.400 e. The summed E-state index contributed by atoms with van der Waals surface area (Å²) in [6.07, 6.45) is 7.47. The highest BCUT2D eigenvalue weighted by molar-refractivity contribution is 5.52. The van der Waals surface area contributed by atoms with Gasteiger partial charge in [0.25, 0.3) is 0 Å². The minimum Gasteiger partial charge on any atom is -0.507 e. The second-order valence-corrected chi connectivity index (χ2v) is 13.2. The van der Waals surface area contributed by atoms with E-state index in [0.717, 1.165) is 24.7 Å². The zero-order chi connectivity index (χ0) is 25.3. The first-order valence-corrected chi connectivity index (χ1v) is 13.7. The van der Waals surface area contributed by atoms with Crippen molar-refractivity contribution in [1.82, 2.24) is 0 Å². The molecule has 0 aliphatic heterocycles. The maximum atomic E-state index is 15.4. The monoisotopic (exact) mass is 478 g/mol. The maximum absolute atomic E-state index is 15.4. The fraction of sp³-hybridized carbons (Fsp3) is 0.800. The molecular formula is C30H48F2O2. The molecule has 194 valence electrons. The molecule has 34 heavy (non-hydrogen) atoms. The molecular weight excluding hydrogens is 430 g/mol. The molecule has 2 fully saturated rings. The van der Waals surface area contributed by atoms with Crippen LogP contribution >= 0.6 is 0 Å². The molecule has 0 amide bonds. The Morgan fingerprint density at radius 2 is 1.24 bits per heavy atom. The molecule has 1 aromatic rings. The molecule has 0 spiro atoms. The van der Waals surface area contributed by atoms with Crippen molar-refractivity contribution in [2.45, 2.75) is 130 Å². The van der Waals surface area contributed by atoms with Crippen LogP contribution < -0.4 is 4.74 Å². The lowest BCUT2D eigenvalue weighted by molar-refractivity contribution is -0.224. The number of phenols is 1. The topological polar surface area (TPSA) is 29.5 Å². The number of halogens is 2. The molecule has 0 saturated heterocycles. The molecule has 0 radical (unpaired) electrons. The minimum absolute atomic E-state index is 0.161. The Hall–Kier alpha value is -1.32. The van der Waals surface area contributed by atoms with Crippen LogP contribution in [0.5, 0.6) is 11.5 Å². The van der Waals surface area contributed by atoms with E-state index in [1.807, 2.05) is 41.5 Å². The highest BCUT2D eigenvalue weighted by atomic mass is 19.3. The number of hydrogen-bond donors (Lipinski definition) is 1. The molecule has 2 nitrogen and oxygen atoms in total. The van der Waals surface area contributed by atoms with E-state index in [2.05, 4.69) is 6.92 Å². The van der Waals surface area contributed by atoms with E-state index >= 15 is 8.78 Å². The molecule has 2 aliphatic rings. The minimum atomic E-state index is -3.20. The Morgan fingerprint density at radius 1 is 0.794 bits per heavy atom. The Labute approximate surface area is 206 Å². The van der Waals surface area contributed by atoms with Crippen LogP contribution in [0, 0.1) is 23.7 Å². The van der Waals surface area contributed by atoms with Gasteiger partial charge in [0.1, 0.15) is 11.5 Å². The van der Waals surface area contributed by atoms with Gasteiger partial charge >= 0.3 is 6.11 Å². The first kappa shape index (κ1) is 27.3. The van der Waals surface area contributed by atoms with Gasteiger partial charge in [-0.2, -0.15) is 8.78 Å². The van der Waals surface area contributed by atoms with Gasteiger partial charge in [0.2, 0.25) is 0 Å². The summed E-state index contributed by atoms with van der Waals surface area (Å²) in [7, 11) is 0. The summed E-state index contributed by atoms with van der Waals surface area (Å²) in [5.74, 6) is 1.81. The average molecular weight is 479 g/mol.